The fourth-order valence-electron chi connectivity index (χ4n) is 6.98. The first-order chi connectivity index (χ1) is 23.7. The number of phenolic OH excluding ortho intramolecular Hbond substituents is 2. The molecule has 0 radical (unpaired) electrons. The molecule has 1 saturated heterocycles. The van der Waals surface area contributed by atoms with Crippen LogP contribution in [-0.4, -0.2) is 68.3 Å². The number of amides is 2. The Bertz CT molecular complexity index is 2870. The highest BCUT2D eigenvalue weighted by molar-refractivity contribution is 6.23. The normalized spacial score (nSPS) is 16.5. The van der Waals surface area contributed by atoms with Crippen molar-refractivity contribution in [3.63, 3.8) is 0 Å². The molecule has 0 aliphatic carbocycles. The van der Waals surface area contributed by atoms with Crippen LogP contribution in [0.2, 0.25) is 0 Å². The van der Waals surface area contributed by atoms with Gasteiger partial charge in [0.05, 0.1) is 35.2 Å². The molecule has 0 bridgehead atoms. The molecule has 2 atom stereocenters. The summed E-state index contributed by atoms with van der Waals surface area (Å²) in [6.45, 7) is 1.72. The summed E-state index contributed by atoms with van der Waals surface area (Å²) in [5.74, 6) is -4.39. The molecule has 50 heavy (non-hydrogen) atoms. The number of nitrogens with one attached hydrogen (secondary N) is 1. The Kier molecular flexibility index (Phi) is 6.99. The predicted octanol–water partition coefficient (Wildman–Crippen LogP) is 0.459. The number of piperazine rings is 1. The van der Waals surface area contributed by atoms with Gasteiger partial charge in [0.15, 0.2) is 10.9 Å². The largest absolute Gasteiger partial charge is 0.507 e. The monoisotopic (exact) mass is 679 g/mol. The van der Waals surface area contributed by atoms with E-state index in [9.17, 15) is 53.7 Å². The van der Waals surface area contributed by atoms with Crippen LogP contribution >= 0.6 is 0 Å². The van der Waals surface area contributed by atoms with Crippen LogP contribution in [0, 0.1) is 6.92 Å². The van der Waals surface area contributed by atoms with Crippen LogP contribution in [0.5, 0.6) is 17.2 Å². The summed E-state index contributed by atoms with van der Waals surface area (Å²) in [4.78, 5) is 108. The van der Waals surface area contributed by atoms with Crippen molar-refractivity contribution < 1.29 is 34.4 Å². The van der Waals surface area contributed by atoms with E-state index in [1.807, 2.05) is 0 Å². The Hall–Kier alpha value is -6.64. The van der Waals surface area contributed by atoms with Crippen LogP contribution in [0.25, 0.3) is 53.9 Å². The number of rotatable bonds is 4. The number of aryl methyl sites for hydroxylation is 1. The maximum Gasteiger partial charge on any atom is 0.328 e. The Morgan fingerprint density at radius 1 is 0.820 bits per heavy atom. The van der Waals surface area contributed by atoms with Crippen LogP contribution < -0.4 is 37.3 Å². The molecule has 1 aromatic heterocycles. The summed E-state index contributed by atoms with van der Waals surface area (Å²) in [5.41, 5.74) is -4.41. The van der Waals surface area contributed by atoms with Crippen molar-refractivity contribution in [1.82, 2.24) is 14.8 Å². The van der Waals surface area contributed by atoms with E-state index >= 15 is 0 Å². The molecule has 15 heteroatoms. The zero-order chi connectivity index (χ0) is 36.1. The zero-order valence-electron chi connectivity index (χ0n) is 26.4. The highest BCUT2D eigenvalue weighted by atomic mass is 16.5. The van der Waals surface area contributed by atoms with E-state index in [0.717, 1.165) is 9.47 Å². The number of pyridine rings is 1. The first-order valence-corrected chi connectivity index (χ1v) is 15.2. The maximum atomic E-state index is 14.3. The van der Waals surface area contributed by atoms with Gasteiger partial charge >= 0.3 is 5.97 Å². The van der Waals surface area contributed by atoms with Gasteiger partial charge in [-0.05, 0) is 38.1 Å². The minimum atomic E-state index is -1.38. The number of hydrogen-bond acceptors (Lipinski definition) is 11. The molecule has 4 N–H and O–H groups in total. The smallest absolute Gasteiger partial charge is 0.328 e. The average Bonchev–Trinajstić information content (AvgIpc) is 3.07. The number of carboxylic acids is 1. The van der Waals surface area contributed by atoms with E-state index < -0.39 is 91.3 Å². The number of hydrogen-bond donors (Lipinski definition) is 4. The number of benzene rings is 5. The number of nitrogens with zero attached hydrogens (tertiary/aromatic N) is 2. The number of methoxy groups -OCH3 is 1. The maximum absolute atomic E-state index is 14.3. The van der Waals surface area contributed by atoms with Crippen molar-refractivity contribution in [2.75, 3.05) is 13.7 Å². The van der Waals surface area contributed by atoms with Crippen LogP contribution in [0.3, 0.4) is 0 Å². The third-order valence-corrected chi connectivity index (χ3v) is 9.48. The summed E-state index contributed by atoms with van der Waals surface area (Å²) in [7, 11) is 1.19. The third-order valence-electron chi connectivity index (χ3n) is 9.48. The first-order valence-electron chi connectivity index (χ1n) is 15.2. The Morgan fingerprint density at radius 2 is 1.48 bits per heavy atom. The van der Waals surface area contributed by atoms with Crippen molar-refractivity contribution in [2.45, 2.75) is 32.5 Å². The van der Waals surface area contributed by atoms with Crippen molar-refractivity contribution in [1.29, 1.82) is 0 Å². The van der Waals surface area contributed by atoms with Gasteiger partial charge in [-0.3, -0.25) is 33.6 Å². The topological polar surface area (TPSA) is 227 Å². The molecule has 1 aliphatic rings. The summed E-state index contributed by atoms with van der Waals surface area (Å²) < 4.78 is 6.46. The summed E-state index contributed by atoms with van der Waals surface area (Å²) in [5, 5.41) is 30.5. The number of aromatic nitrogens is 1. The van der Waals surface area contributed by atoms with Crippen LogP contribution in [0.15, 0.2) is 60.4 Å². The molecule has 2 unspecified atom stereocenters. The van der Waals surface area contributed by atoms with Gasteiger partial charge in [-0.25, -0.2) is 4.79 Å². The summed E-state index contributed by atoms with van der Waals surface area (Å²) in [6.07, 6.45) is 0. The van der Waals surface area contributed by atoms with E-state index in [2.05, 4.69) is 5.32 Å². The lowest BCUT2D eigenvalue weighted by Crippen LogP contribution is -2.63. The standard InChI is InChI=1S/C35H25N3O12/c1-12-9-17-24(34(47)37(12)11-20(40)38-10-18(35(48)49)36-33(46)13(38)2)30(44)22-15(27(17)41)7-8-16-23(22)31(45)25-26(32(16)50-3)29(43)21-14(28(25)42)5-4-6-19(21)39/h4-9,13,18,39,45H,10-11H2,1-3H3,(H,36,46)(H,48,49). The van der Waals surface area contributed by atoms with E-state index in [-0.39, 0.29) is 55.7 Å². The second-order valence-corrected chi connectivity index (χ2v) is 12.1. The summed E-state index contributed by atoms with van der Waals surface area (Å²) >= 11 is 0. The van der Waals surface area contributed by atoms with Gasteiger partial charge in [-0.1, -0.05) is 12.1 Å². The quantitative estimate of drug-likeness (QED) is 0.147. The Balaban J connectivity index is 1.54. The molecule has 15 nitrogen and oxygen atoms in total. The minimum Gasteiger partial charge on any atom is -0.507 e. The minimum absolute atomic E-state index is 0.0416. The number of carboxylic acid groups (broad SMARTS) is 1. The van der Waals surface area contributed by atoms with Gasteiger partial charge in [0.1, 0.15) is 35.9 Å². The van der Waals surface area contributed by atoms with Gasteiger partial charge in [0.2, 0.25) is 22.7 Å². The van der Waals surface area contributed by atoms with Gasteiger partial charge in [-0.15, -0.1) is 0 Å². The molecule has 0 spiro atoms. The van der Waals surface area contributed by atoms with Gasteiger partial charge in [0.25, 0.3) is 5.56 Å². The number of fused-ring (bicyclic) bond motifs is 6. The third kappa shape index (κ3) is 4.22. The fourth-order valence-corrected chi connectivity index (χ4v) is 6.98. The van der Waals surface area contributed by atoms with Crippen molar-refractivity contribution in [3.05, 3.63) is 93.3 Å². The van der Waals surface area contributed by atoms with Crippen molar-refractivity contribution >= 4 is 71.6 Å². The molecule has 2 heterocycles. The summed E-state index contributed by atoms with van der Waals surface area (Å²) in [6, 6.07) is 5.24. The molecule has 6 aromatic rings. The number of carbonyl (C=O) groups is 3. The average molecular weight is 680 g/mol. The van der Waals surface area contributed by atoms with Gasteiger partial charge in [-0.2, -0.15) is 0 Å². The molecule has 1 fully saturated rings. The number of carbonyl (C=O) groups excluding carboxylic acids is 2. The molecule has 5 aromatic carbocycles. The van der Waals surface area contributed by atoms with Gasteiger partial charge < -0.3 is 34.8 Å². The van der Waals surface area contributed by atoms with Gasteiger partial charge in [0, 0.05) is 38.0 Å². The van der Waals surface area contributed by atoms with Crippen molar-refractivity contribution in [2.24, 2.45) is 0 Å². The molecular formula is C35H25N3O12. The lowest BCUT2D eigenvalue weighted by Gasteiger charge is -2.36. The molecule has 2 amide bonds. The Morgan fingerprint density at radius 3 is 2.16 bits per heavy atom. The Labute approximate surface area is 277 Å². The fraction of sp³-hybridized carbons (Fsp3) is 0.200. The SMILES string of the molecule is COc1c2ccc3c(=O)c4cc(C)n(CC(=O)N5CC(C(=O)O)NC(=O)C5C)c(=O)c4c(=O)c3c2c(O)c2c(=O)c3cccc(O)c3c(=O)c12. The van der Waals surface area contributed by atoms with E-state index in [1.165, 1.54) is 57.4 Å². The second kappa shape index (κ2) is 10.9. The molecule has 0 saturated carbocycles. The molecular weight excluding hydrogens is 654 g/mol. The lowest BCUT2D eigenvalue weighted by molar-refractivity contribution is -0.151. The number of aliphatic carboxylic acids is 1. The van der Waals surface area contributed by atoms with E-state index in [1.54, 1.807) is 0 Å². The highest BCUT2D eigenvalue weighted by Gasteiger charge is 2.37. The lowest BCUT2D eigenvalue weighted by atomic mass is 9.92. The van der Waals surface area contributed by atoms with Crippen LogP contribution in [0.1, 0.15) is 12.6 Å². The first kappa shape index (κ1) is 31.9. The van der Waals surface area contributed by atoms with E-state index in [4.69, 9.17) is 4.74 Å². The number of phenols is 2. The highest BCUT2D eigenvalue weighted by Crippen LogP contribution is 2.43. The molecule has 7 rings (SSSR count). The van der Waals surface area contributed by atoms with Crippen molar-refractivity contribution in [3.8, 4) is 17.2 Å². The molecule has 1 aliphatic heterocycles. The number of aromatic hydroxyl groups is 2. The second-order valence-electron chi connectivity index (χ2n) is 12.1. The zero-order valence-corrected chi connectivity index (χ0v) is 26.4. The van der Waals surface area contributed by atoms with Crippen LogP contribution in [0.4, 0.5) is 0 Å². The predicted molar refractivity (Wildman–Crippen MR) is 181 cm³/mol. The number of ether oxygens (including phenoxy) is 1. The van der Waals surface area contributed by atoms with E-state index in [0.29, 0.717) is 0 Å². The van der Waals surface area contributed by atoms with Crippen LogP contribution in [-0.2, 0) is 20.9 Å². The molecule has 252 valence electrons.